The van der Waals surface area contributed by atoms with E-state index in [1.807, 2.05) is 66.2 Å². The van der Waals surface area contributed by atoms with Gasteiger partial charge in [0.1, 0.15) is 11.4 Å². The highest BCUT2D eigenvalue weighted by atomic mass is 16.5. The van der Waals surface area contributed by atoms with Crippen LogP contribution >= 0.6 is 0 Å². The summed E-state index contributed by atoms with van der Waals surface area (Å²) >= 11 is 0. The first kappa shape index (κ1) is 34.2. The van der Waals surface area contributed by atoms with Crippen LogP contribution in [0, 0.1) is 0 Å². The Kier molecular flexibility index (Phi) is 12.4. The van der Waals surface area contributed by atoms with E-state index in [4.69, 9.17) is 9.72 Å². The van der Waals surface area contributed by atoms with Gasteiger partial charge in [-0.15, -0.1) is 0 Å². The third kappa shape index (κ3) is 8.63. The van der Waals surface area contributed by atoms with Crippen LogP contribution in [0.2, 0.25) is 0 Å². The highest BCUT2D eigenvalue weighted by Crippen LogP contribution is 2.32. The second-order valence-corrected chi connectivity index (χ2v) is 11.3. The van der Waals surface area contributed by atoms with E-state index in [1.165, 1.54) is 6.08 Å². The molecule has 0 atom stereocenters. The van der Waals surface area contributed by atoms with Gasteiger partial charge < -0.3 is 19.9 Å². The molecule has 1 heterocycles. The van der Waals surface area contributed by atoms with Crippen LogP contribution in [-0.2, 0) is 28.8 Å². The van der Waals surface area contributed by atoms with Crippen molar-refractivity contribution in [3.63, 3.8) is 0 Å². The summed E-state index contributed by atoms with van der Waals surface area (Å²) in [5.41, 5.74) is 7.67. The van der Waals surface area contributed by atoms with Crippen LogP contribution in [-0.4, -0.2) is 67.1 Å². The Balaban J connectivity index is 2.15. The number of likely N-dealkylation sites (N-methyl/N-ethyl adjacent to an activating group) is 2. The molecule has 1 amide bonds. The van der Waals surface area contributed by atoms with Crippen LogP contribution in [0.1, 0.15) is 78.7 Å². The number of allylic oxidation sites excluding steroid dienone is 1. The normalized spacial score (nSPS) is 11.5. The summed E-state index contributed by atoms with van der Waals surface area (Å²) in [4.78, 5) is 39.6. The minimum atomic E-state index is -0.455. The maximum atomic E-state index is 13.2. The second-order valence-electron chi connectivity index (χ2n) is 11.3. The third-order valence-electron chi connectivity index (χ3n) is 7.42. The van der Waals surface area contributed by atoms with Gasteiger partial charge in [-0.1, -0.05) is 50.8 Å². The van der Waals surface area contributed by atoms with Crippen molar-refractivity contribution in [2.24, 2.45) is 0 Å². The van der Waals surface area contributed by atoms with Crippen LogP contribution in [0.3, 0.4) is 0 Å². The first-order valence-electron chi connectivity index (χ1n) is 15.3. The van der Waals surface area contributed by atoms with Gasteiger partial charge in [-0.05, 0) is 88.2 Å². The molecule has 3 aromatic rings. The number of aryl methyl sites for hydroxylation is 2. The molecule has 3 rings (SSSR count). The summed E-state index contributed by atoms with van der Waals surface area (Å²) in [7, 11) is 6.10. The Labute approximate surface area is 262 Å². The summed E-state index contributed by atoms with van der Waals surface area (Å²) < 4.78 is 5.59. The largest absolute Gasteiger partial charge is 0.459 e. The minimum absolute atomic E-state index is 0.277. The van der Waals surface area contributed by atoms with Gasteiger partial charge in [-0.25, -0.2) is 14.8 Å². The highest BCUT2D eigenvalue weighted by molar-refractivity contribution is 6.01. The molecule has 0 aliphatic carbocycles. The van der Waals surface area contributed by atoms with E-state index in [9.17, 15) is 9.59 Å². The summed E-state index contributed by atoms with van der Waals surface area (Å²) in [6.07, 6.45) is 6.61. The molecule has 0 saturated heterocycles. The number of benzene rings is 2. The number of aromatic nitrogens is 2. The Morgan fingerprint density at radius 1 is 1.00 bits per heavy atom. The van der Waals surface area contributed by atoms with E-state index >= 15 is 0 Å². The molecule has 0 unspecified atom stereocenters. The summed E-state index contributed by atoms with van der Waals surface area (Å²) in [6, 6.07) is 12.3. The number of rotatable bonds is 14. The Bertz CT molecular complexity index is 1510. The number of nitrogens with one attached hydrogen (secondary N) is 1. The van der Waals surface area contributed by atoms with E-state index in [-0.39, 0.29) is 12.0 Å². The van der Waals surface area contributed by atoms with Gasteiger partial charge in [-0.2, -0.15) is 0 Å². The average molecular weight is 598 g/mol. The smallest absolute Gasteiger partial charge is 0.342 e. The fourth-order valence-electron chi connectivity index (χ4n) is 5.06. The van der Waals surface area contributed by atoms with Gasteiger partial charge in [-0.3, -0.25) is 4.79 Å². The number of carbonyl (C=O) groups excluding carboxylic acids is 2. The number of anilines is 2. The van der Waals surface area contributed by atoms with Crippen molar-refractivity contribution in [3.8, 4) is 0 Å². The summed E-state index contributed by atoms with van der Waals surface area (Å²) in [6.45, 7) is 15.1. The van der Waals surface area contributed by atoms with Crippen molar-refractivity contribution in [1.82, 2.24) is 14.9 Å². The number of hydrogen-bond donors (Lipinski definition) is 1. The number of amides is 1. The third-order valence-corrected chi connectivity index (χ3v) is 7.42. The van der Waals surface area contributed by atoms with Gasteiger partial charge in [0.25, 0.3) is 0 Å². The Morgan fingerprint density at radius 2 is 1.70 bits per heavy atom. The molecule has 8 heteroatoms. The molecule has 1 N–H and O–H groups in total. The lowest BCUT2D eigenvalue weighted by Gasteiger charge is -2.26. The first-order chi connectivity index (χ1) is 21.0. The maximum absolute atomic E-state index is 13.2. The number of hydrogen-bond acceptors (Lipinski definition) is 7. The fourth-order valence-corrected chi connectivity index (χ4v) is 5.06. The van der Waals surface area contributed by atoms with Crippen molar-refractivity contribution in [1.29, 1.82) is 0 Å². The Hall–Kier alpha value is -4.30. The maximum Gasteiger partial charge on any atom is 0.342 e. The predicted octanol–water partition coefficient (Wildman–Crippen LogP) is 6.33. The van der Waals surface area contributed by atoms with E-state index in [0.29, 0.717) is 29.2 Å². The van der Waals surface area contributed by atoms with Crippen LogP contribution in [0.25, 0.3) is 5.57 Å². The lowest BCUT2D eigenvalue weighted by atomic mass is 9.93. The Morgan fingerprint density at radius 3 is 2.32 bits per heavy atom. The second kappa shape index (κ2) is 16.0. The number of carbonyl (C=O) groups is 2. The zero-order valence-corrected chi connectivity index (χ0v) is 27.5. The molecule has 0 saturated carbocycles. The SMILES string of the molecule is C=CC(=O)Nc1cc(Cc2ncc(C(=O)OC(C)C)c(/C(=C/C)c3ccccc3CC)n2)c(CC)cc1N(C)CCN(C)C. The van der Waals surface area contributed by atoms with Gasteiger partial charge in [0, 0.05) is 38.3 Å². The summed E-state index contributed by atoms with van der Waals surface area (Å²) in [5.74, 6) is -0.163. The number of nitrogens with zero attached hydrogens (tertiary/aromatic N) is 4. The standard InChI is InChI=1S/C36H47N5O3/c1-10-25-16-14-15-17-29(25)28(12-3)35-30(36(43)44-24(5)6)23-37-33(39-35)22-27-20-31(38-34(42)13-4)32(21-26(27)11-2)41(9)19-18-40(7)8/h12-17,20-21,23-24H,4,10-11,18-19,22H2,1-3,5-9H3,(H,38,42)/b28-12+. The average Bonchev–Trinajstić information content (AvgIpc) is 3.00. The van der Waals surface area contributed by atoms with Crippen molar-refractivity contribution in [2.75, 3.05) is 44.4 Å². The molecule has 0 aliphatic heterocycles. The quantitative estimate of drug-likeness (QED) is 0.172. The molecule has 44 heavy (non-hydrogen) atoms. The van der Waals surface area contributed by atoms with E-state index in [2.05, 4.69) is 58.7 Å². The molecule has 8 nitrogen and oxygen atoms in total. The summed E-state index contributed by atoms with van der Waals surface area (Å²) in [5, 5.41) is 3.00. The van der Waals surface area contributed by atoms with Gasteiger partial charge in [0.05, 0.1) is 23.2 Å². The number of ether oxygens (including phenoxy) is 1. The molecule has 0 bridgehead atoms. The number of esters is 1. The zero-order valence-electron chi connectivity index (χ0n) is 27.5. The van der Waals surface area contributed by atoms with Crippen molar-refractivity contribution in [3.05, 3.63) is 101 Å². The van der Waals surface area contributed by atoms with E-state index in [1.54, 1.807) is 6.20 Å². The molecule has 0 radical (unpaired) electrons. The minimum Gasteiger partial charge on any atom is -0.459 e. The van der Waals surface area contributed by atoms with Crippen molar-refractivity contribution in [2.45, 2.75) is 60.0 Å². The molecule has 234 valence electrons. The lowest BCUT2D eigenvalue weighted by molar-refractivity contribution is -0.111. The van der Waals surface area contributed by atoms with Crippen LogP contribution in [0.5, 0.6) is 0 Å². The molecule has 1 aromatic heterocycles. The molecular formula is C36H47N5O3. The molecular weight excluding hydrogens is 550 g/mol. The zero-order chi connectivity index (χ0) is 32.4. The van der Waals surface area contributed by atoms with Crippen molar-refractivity contribution >= 4 is 28.8 Å². The molecule has 0 aliphatic rings. The molecule has 2 aromatic carbocycles. The predicted molar refractivity (Wildman–Crippen MR) is 180 cm³/mol. The fraction of sp³-hybridized carbons (Fsp3) is 0.389. The monoisotopic (exact) mass is 597 g/mol. The van der Waals surface area contributed by atoms with Crippen LogP contribution < -0.4 is 10.2 Å². The van der Waals surface area contributed by atoms with Crippen LogP contribution in [0.4, 0.5) is 11.4 Å². The van der Waals surface area contributed by atoms with Crippen molar-refractivity contribution < 1.29 is 14.3 Å². The van der Waals surface area contributed by atoms with Crippen LogP contribution in [0.15, 0.2) is 61.3 Å². The van der Waals surface area contributed by atoms with Gasteiger partial charge >= 0.3 is 5.97 Å². The van der Waals surface area contributed by atoms with E-state index < -0.39 is 5.97 Å². The molecule has 0 spiro atoms. The lowest BCUT2D eigenvalue weighted by Crippen LogP contribution is -2.29. The topological polar surface area (TPSA) is 87.7 Å². The highest BCUT2D eigenvalue weighted by Gasteiger charge is 2.23. The van der Waals surface area contributed by atoms with Gasteiger partial charge in [0.15, 0.2) is 0 Å². The molecule has 0 fully saturated rings. The van der Waals surface area contributed by atoms with E-state index in [0.717, 1.165) is 59.4 Å². The van der Waals surface area contributed by atoms with Gasteiger partial charge in [0.2, 0.25) is 5.91 Å². The first-order valence-corrected chi connectivity index (χ1v) is 15.3.